The number of hydrogen-bond acceptors (Lipinski definition) is 5. The van der Waals surface area contributed by atoms with E-state index in [0.29, 0.717) is 5.70 Å². The van der Waals surface area contributed by atoms with Crippen LogP contribution in [0.1, 0.15) is 37.1 Å². The van der Waals surface area contributed by atoms with E-state index in [4.69, 9.17) is 20.9 Å². The van der Waals surface area contributed by atoms with Crippen LogP contribution < -0.4 is 10.5 Å². The fourth-order valence-corrected chi connectivity index (χ4v) is 3.72. The second-order valence-electron chi connectivity index (χ2n) is 7.47. The van der Waals surface area contributed by atoms with Crippen molar-refractivity contribution >= 4 is 22.9 Å². The number of aromatic nitrogens is 2. The summed E-state index contributed by atoms with van der Waals surface area (Å²) < 4.78 is 5.99. The maximum atomic E-state index is 7.11. The van der Waals surface area contributed by atoms with Crippen LogP contribution in [0.5, 0.6) is 11.5 Å². The van der Waals surface area contributed by atoms with Crippen LogP contribution in [0.3, 0.4) is 0 Å². The van der Waals surface area contributed by atoms with Crippen LogP contribution in [-0.4, -0.2) is 34.2 Å². The molecule has 150 valence electrons. The SMILES string of the molecule is N=C/C=C(\N)c1ccc(Oc2ccc3nc(CN4CCCCCC4)[nH]c3c2)cc1. The van der Waals surface area contributed by atoms with Gasteiger partial charge in [0.05, 0.1) is 17.6 Å². The van der Waals surface area contributed by atoms with E-state index in [1.54, 1.807) is 6.08 Å². The van der Waals surface area contributed by atoms with E-state index >= 15 is 0 Å². The molecule has 0 saturated carbocycles. The van der Waals surface area contributed by atoms with E-state index in [0.717, 1.165) is 53.6 Å². The first-order valence-corrected chi connectivity index (χ1v) is 10.2. The Hall–Kier alpha value is -3.12. The number of rotatable bonds is 6. The van der Waals surface area contributed by atoms with E-state index < -0.39 is 0 Å². The molecular formula is C23H27N5O. The summed E-state index contributed by atoms with van der Waals surface area (Å²) in [6.45, 7) is 3.18. The van der Waals surface area contributed by atoms with Crippen molar-refractivity contribution in [1.82, 2.24) is 14.9 Å². The Kier molecular flexibility index (Phi) is 5.91. The number of aromatic amines is 1. The number of benzene rings is 2. The van der Waals surface area contributed by atoms with Gasteiger partial charge < -0.3 is 20.9 Å². The molecule has 2 aromatic carbocycles. The van der Waals surface area contributed by atoms with E-state index in [1.807, 2.05) is 42.5 Å². The molecule has 1 aliphatic rings. The van der Waals surface area contributed by atoms with Crippen molar-refractivity contribution < 1.29 is 4.74 Å². The molecule has 6 heteroatoms. The van der Waals surface area contributed by atoms with Crippen molar-refractivity contribution in [3.8, 4) is 11.5 Å². The number of H-pyrrole nitrogens is 1. The summed E-state index contributed by atoms with van der Waals surface area (Å²) in [5.74, 6) is 2.51. The number of fused-ring (bicyclic) bond motifs is 1. The van der Waals surface area contributed by atoms with Crippen molar-refractivity contribution in [3.05, 3.63) is 59.9 Å². The molecule has 0 unspecified atom stereocenters. The van der Waals surface area contributed by atoms with Crippen molar-refractivity contribution in [1.29, 1.82) is 5.41 Å². The topological polar surface area (TPSA) is 91.0 Å². The van der Waals surface area contributed by atoms with Crippen LogP contribution >= 0.6 is 0 Å². The van der Waals surface area contributed by atoms with Gasteiger partial charge in [-0.25, -0.2) is 4.98 Å². The number of hydrogen-bond donors (Lipinski definition) is 3. The van der Waals surface area contributed by atoms with Gasteiger partial charge in [0.1, 0.15) is 17.3 Å². The third kappa shape index (κ3) is 4.84. The van der Waals surface area contributed by atoms with Gasteiger partial charge in [-0.15, -0.1) is 0 Å². The minimum atomic E-state index is 0.558. The maximum absolute atomic E-state index is 7.11. The van der Waals surface area contributed by atoms with Crippen LogP contribution in [0.4, 0.5) is 0 Å². The van der Waals surface area contributed by atoms with Crippen LogP contribution in [0.15, 0.2) is 48.5 Å². The van der Waals surface area contributed by atoms with E-state index in [2.05, 4.69) is 9.88 Å². The zero-order valence-corrected chi connectivity index (χ0v) is 16.5. The average molecular weight is 390 g/mol. The van der Waals surface area contributed by atoms with Gasteiger partial charge in [0, 0.05) is 18.0 Å². The largest absolute Gasteiger partial charge is 0.457 e. The van der Waals surface area contributed by atoms with Crippen LogP contribution in [0.2, 0.25) is 0 Å². The summed E-state index contributed by atoms with van der Waals surface area (Å²) in [6.07, 6.45) is 7.97. The second kappa shape index (κ2) is 8.92. The number of likely N-dealkylation sites (tertiary alicyclic amines) is 1. The fraction of sp³-hybridized carbons (Fsp3) is 0.304. The van der Waals surface area contributed by atoms with E-state index in [-0.39, 0.29) is 0 Å². The summed E-state index contributed by atoms with van der Waals surface area (Å²) >= 11 is 0. The van der Waals surface area contributed by atoms with Gasteiger partial charge >= 0.3 is 0 Å². The molecule has 4 rings (SSSR count). The van der Waals surface area contributed by atoms with Gasteiger partial charge in [0.15, 0.2) is 0 Å². The normalized spacial score (nSPS) is 15.9. The molecule has 2 heterocycles. The Bertz CT molecular complexity index is 998. The minimum Gasteiger partial charge on any atom is -0.457 e. The molecule has 1 aliphatic heterocycles. The van der Waals surface area contributed by atoms with Gasteiger partial charge in [-0.2, -0.15) is 0 Å². The average Bonchev–Trinajstić information content (AvgIpc) is 2.94. The lowest BCUT2D eigenvalue weighted by Gasteiger charge is -2.17. The Morgan fingerprint density at radius 3 is 2.52 bits per heavy atom. The van der Waals surface area contributed by atoms with Crippen molar-refractivity contribution in [2.75, 3.05) is 13.1 Å². The lowest BCUT2D eigenvalue weighted by molar-refractivity contribution is 0.271. The van der Waals surface area contributed by atoms with Gasteiger partial charge in [0.2, 0.25) is 0 Å². The standard InChI is InChI=1S/C23H27N5O/c24-12-11-20(25)17-5-7-18(8-6-17)29-19-9-10-21-22(15-19)27-23(26-21)16-28-13-3-1-2-4-14-28/h5-12,15,24H,1-4,13-14,16,25H2,(H,26,27)/b20-11-,24-12?. The molecule has 29 heavy (non-hydrogen) atoms. The number of nitrogens with two attached hydrogens (primary N) is 1. The quantitative estimate of drug-likeness (QED) is 0.534. The van der Waals surface area contributed by atoms with Gasteiger partial charge in [-0.3, -0.25) is 4.90 Å². The molecule has 1 saturated heterocycles. The number of nitrogens with zero attached hydrogens (tertiary/aromatic N) is 2. The van der Waals surface area contributed by atoms with Crippen LogP contribution in [0, 0.1) is 5.41 Å². The van der Waals surface area contributed by atoms with Crippen LogP contribution in [-0.2, 0) is 6.54 Å². The molecule has 6 nitrogen and oxygen atoms in total. The molecule has 1 fully saturated rings. The van der Waals surface area contributed by atoms with Crippen molar-refractivity contribution in [2.24, 2.45) is 5.73 Å². The highest BCUT2D eigenvalue weighted by molar-refractivity contribution is 5.81. The summed E-state index contributed by atoms with van der Waals surface area (Å²) in [7, 11) is 0. The molecule has 0 radical (unpaired) electrons. The van der Waals surface area contributed by atoms with Gasteiger partial charge in [-0.1, -0.05) is 12.8 Å². The maximum Gasteiger partial charge on any atom is 0.129 e. The predicted molar refractivity (Wildman–Crippen MR) is 117 cm³/mol. The highest BCUT2D eigenvalue weighted by atomic mass is 16.5. The number of imidazole rings is 1. The van der Waals surface area contributed by atoms with Crippen LogP contribution in [0.25, 0.3) is 16.7 Å². The Morgan fingerprint density at radius 1 is 1.07 bits per heavy atom. The monoisotopic (exact) mass is 389 g/mol. The Labute approximate surface area is 170 Å². The number of nitrogens with one attached hydrogen (secondary N) is 2. The summed E-state index contributed by atoms with van der Waals surface area (Å²) in [5.41, 5.74) is 9.27. The van der Waals surface area contributed by atoms with Gasteiger partial charge in [-0.05, 0) is 74.0 Å². The fourth-order valence-electron chi connectivity index (χ4n) is 3.72. The van der Waals surface area contributed by atoms with E-state index in [9.17, 15) is 0 Å². The molecule has 4 N–H and O–H groups in total. The van der Waals surface area contributed by atoms with Crippen molar-refractivity contribution in [2.45, 2.75) is 32.2 Å². The van der Waals surface area contributed by atoms with Gasteiger partial charge in [0.25, 0.3) is 0 Å². The predicted octanol–water partition coefficient (Wildman–Crippen LogP) is 4.68. The minimum absolute atomic E-state index is 0.558. The highest BCUT2D eigenvalue weighted by Crippen LogP contribution is 2.26. The molecule has 0 amide bonds. The smallest absolute Gasteiger partial charge is 0.129 e. The van der Waals surface area contributed by atoms with Crippen molar-refractivity contribution in [3.63, 3.8) is 0 Å². The Balaban J connectivity index is 1.46. The molecule has 3 aromatic rings. The first-order chi connectivity index (χ1) is 14.2. The highest BCUT2D eigenvalue weighted by Gasteiger charge is 2.12. The third-order valence-corrected chi connectivity index (χ3v) is 5.26. The Morgan fingerprint density at radius 2 is 1.79 bits per heavy atom. The lowest BCUT2D eigenvalue weighted by atomic mass is 10.1. The number of allylic oxidation sites excluding steroid dienone is 1. The lowest BCUT2D eigenvalue weighted by Crippen LogP contribution is -2.24. The third-order valence-electron chi connectivity index (χ3n) is 5.26. The molecule has 0 aliphatic carbocycles. The summed E-state index contributed by atoms with van der Waals surface area (Å²) in [5, 5.41) is 7.11. The molecule has 0 bridgehead atoms. The summed E-state index contributed by atoms with van der Waals surface area (Å²) in [6, 6.07) is 13.5. The first-order valence-electron chi connectivity index (χ1n) is 10.2. The van der Waals surface area contributed by atoms with E-state index in [1.165, 1.54) is 31.9 Å². The zero-order chi connectivity index (χ0) is 20.1. The molecular weight excluding hydrogens is 362 g/mol. The molecule has 0 spiro atoms. The molecule has 0 atom stereocenters. The molecule has 1 aromatic heterocycles. The second-order valence-corrected chi connectivity index (χ2v) is 7.47. The zero-order valence-electron chi connectivity index (χ0n) is 16.5. The summed E-state index contributed by atoms with van der Waals surface area (Å²) in [4.78, 5) is 10.7. The first kappa shape index (κ1) is 19.2. The number of ether oxygens (including phenoxy) is 1.